The molecule has 0 aliphatic carbocycles. The zero-order valence-corrected chi connectivity index (χ0v) is 15.7. The van der Waals surface area contributed by atoms with E-state index in [1.54, 1.807) is 0 Å². The zero-order valence-electron chi connectivity index (χ0n) is 14.7. The summed E-state index contributed by atoms with van der Waals surface area (Å²) in [6.45, 7) is 20.1. The van der Waals surface area contributed by atoms with Gasteiger partial charge in [0.15, 0.2) is 0 Å². The van der Waals surface area contributed by atoms with Crippen molar-refractivity contribution in [2.24, 2.45) is 0 Å². The van der Waals surface area contributed by atoms with Gasteiger partial charge in [0.05, 0.1) is 0 Å². The number of allylic oxidation sites excluding steroid dienone is 1. The molecule has 1 rings (SSSR count). The van der Waals surface area contributed by atoms with Gasteiger partial charge in [0.2, 0.25) is 0 Å². The van der Waals surface area contributed by atoms with E-state index in [-0.39, 0.29) is 0 Å². The van der Waals surface area contributed by atoms with Gasteiger partial charge in [0.25, 0.3) is 0 Å². The molecule has 1 aromatic carbocycles. The van der Waals surface area contributed by atoms with Crippen LogP contribution in [0.1, 0.15) is 59.6 Å². The summed E-state index contributed by atoms with van der Waals surface area (Å²) in [5.41, 5.74) is 9.22. The molecule has 0 saturated carbocycles. The van der Waals surface area contributed by atoms with E-state index in [1.807, 2.05) is 6.92 Å². The predicted octanol–water partition coefficient (Wildman–Crippen LogP) is 6.29. The van der Waals surface area contributed by atoms with Crippen molar-refractivity contribution in [3.63, 3.8) is 0 Å². The molecule has 0 atom stereocenters. The molecule has 1 heteroatoms. The Morgan fingerprint density at radius 1 is 0.905 bits per heavy atom. The van der Waals surface area contributed by atoms with Gasteiger partial charge >= 0.3 is 0 Å². The number of hydrogen-bond donors (Lipinski definition) is 0. The zero-order chi connectivity index (χ0) is 16.2. The average molecular weight is 299 g/mol. The third-order valence-electron chi connectivity index (χ3n) is 4.67. The molecule has 0 heterocycles. The number of benzene rings is 1. The van der Waals surface area contributed by atoms with Crippen LogP contribution in [0.2, 0.25) is 16.6 Å². The van der Waals surface area contributed by atoms with E-state index in [4.69, 9.17) is 0 Å². The number of rotatable bonds is 4. The van der Waals surface area contributed by atoms with Crippen LogP contribution < -0.4 is 0 Å². The first kappa shape index (κ1) is 17.8. The second-order valence-corrected chi connectivity index (χ2v) is 12.6. The lowest BCUT2D eigenvalue weighted by Crippen LogP contribution is -2.43. The van der Waals surface area contributed by atoms with Crippen LogP contribution in [-0.2, 0) is 0 Å². The van der Waals surface area contributed by atoms with Crippen LogP contribution in [0.25, 0.3) is 5.57 Å². The summed E-state index contributed by atoms with van der Waals surface area (Å²) in [5.74, 6) is 3.48. The third kappa shape index (κ3) is 3.89. The molecule has 0 fully saturated rings. The predicted molar refractivity (Wildman–Crippen MR) is 99.1 cm³/mol. The lowest BCUT2D eigenvalue weighted by molar-refractivity contribution is 0.838. The van der Waals surface area contributed by atoms with Gasteiger partial charge in [-0.1, -0.05) is 71.7 Å². The SMILES string of the molecule is C=C(C)c1ccc(C#C[Si](C(C)C)(C(C)C)C(C)C)cc1. The first-order valence-corrected chi connectivity index (χ1v) is 10.2. The fraction of sp³-hybridized carbons (Fsp3) is 0.500. The van der Waals surface area contributed by atoms with Crippen molar-refractivity contribution in [2.45, 2.75) is 65.1 Å². The van der Waals surface area contributed by atoms with Crippen LogP contribution in [0, 0.1) is 11.5 Å². The Morgan fingerprint density at radius 3 is 1.67 bits per heavy atom. The Morgan fingerprint density at radius 2 is 1.33 bits per heavy atom. The van der Waals surface area contributed by atoms with Gasteiger partial charge in [-0.3, -0.25) is 0 Å². The van der Waals surface area contributed by atoms with E-state index in [2.05, 4.69) is 83.9 Å². The molecule has 0 aliphatic rings. The summed E-state index contributed by atoms with van der Waals surface area (Å²) < 4.78 is 0. The molecule has 0 aromatic heterocycles. The molecule has 0 amide bonds. The molecule has 21 heavy (non-hydrogen) atoms. The van der Waals surface area contributed by atoms with E-state index >= 15 is 0 Å². The minimum atomic E-state index is -1.62. The summed E-state index contributed by atoms with van der Waals surface area (Å²) >= 11 is 0. The van der Waals surface area contributed by atoms with Crippen LogP contribution in [0.4, 0.5) is 0 Å². The van der Waals surface area contributed by atoms with Crippen LogP contribution in [0.5, 0.6) is 0 Å². The highest BCUT2D eigenvalue weighted by Gasteiger charge is 2.41. The first-order valence-electron chi connectivity index (χ1n) is 8.01. The molecule has 0 N–H and O–H groups in total. The van der Waals surface area contributed by atoms with Crippen molar-refractivity contribution in [1.29, 1.82) is 0 Å². The fourth-order valence-corrected chi connectivity index (χ4v) is 8.68. The molecule has 0 spiro atoms. The third-order valence-corrected chi connectivity index (χ3v) is 11.0. The van der Waals surface area contributed by atoms with E-state index in [0.717, 1.165) is 11.1 Å². The van der Waals surface area contributed by atoms with Gasteiger partial charge in [-0.2, -0.15) is 0 Å². The first-order chi connectivity index (χ1) is 9.71. The molecule has 0 bridgehead atoms. The van der Waals surface area contributed by atoms with Gasteiger partial charge in [-0.15, -0.1) is 5.54 Å². The smallest absolute Gasteiger partial charge is 0.125 e. The summed E-state index contributed by atoms with van der Waals surface area (Å²) in [4.78, 5) is 0. The van der Waals surface area contributed by atoms with Gasteiger partial charge in [0, 0.05) is 5.56 Å². The van der Waals surface area contributed by atoms with Crippen molar-refractivity contribution < 1.29 is 0 Å². The summed E-state index contributed by atoms with van der Waals surface area (Å²) in [6.07, 6.45) is 0. The second-order valence-electron chi connectivity index (χ2n) is 7.00. The van der Waals surface area contributed by atoms with E-state index < -0.39 is 8.07 Å². The van der Waals surface area contributed by atoms with Gasteiger partial charge in [0.1, 0.15) is 8.07 Å². The van der Waals surface area contributed by atoms with Gasteiger partial charge in [-0.05, 0) is 41.2 Å². The largest absolute Gasteiger partial charge is 0.146 e. The van der Waals surface area contributed by atoms with Crippen molar-refractivity contribution >= 4 is 13.6 Å². The molecular formula is C20H30Si. The van der Waals surface area contributed by atoms with E-state index in [0.29, 0.717) is 16.6 Å². The van der Waals surface area contributed by atoms with E-state index in [1.165, 1.54) is 5.56 Å². The molecule has 114 valence electrons. The Labute approximate surface area is 132 Å². The lowest BCUT2D eigenvalue weighted by atomic mass is 10.1. The van der Waals surface area contributed by atoms with Gasteiger partial charge < -0.3 is 0 Å². The quantitative estimate of drug-likeness (QED) is 0.452. The average Bonchev–Trinajstić information content (AvgIpc) is 2.38. The summed E-state index contributed by atoms with van der Waals surface area (Å²) in [7, 11) is -1.62. The summed E-state index contributed by atoms with van der Waals surface area (Å²) in [5, 5.41) is 0. The van der Waals surface area contributed by atoms with Crippen LogP contribution in [0.3, 0.4) is 0 Å². The highest BCUT2D eigenvalue weighted by Crippen LogP contribution is 2.40. The highest BCUT2D eigenvalue weighted by molar-refractivity contribution is 6.90. The molecule has 0 radical (unpaired) electrons. The molecular weight excluding hydrogens is 268 g/mol. The standard InChI is InChI=1S/C20H30Si/c1-15(2)20-11-9-19(10-12-20)13-14-21(16(3)4,17(5)6)18(7)8/h9-12,16-18H,1H2,2-8H3. The lowest BCUT2D eigenvalue weighted by Gasteiger charge is -2.38. The maximum Gasteiger partial charge on any atom is 0.146 e. The van der Waals surface area contributed by atoms with Crippen molar-refractivity contribution in [1.82, 2.24) is 0 Å². The van der Waals surface area contributed by atoms with Crippen molar-refractivity contribution in [3.8, 4) is 11.5 Å². The van der Waals surface area contributed by atoms with E-state index in [9.17, 15) is 0 Å². The molecule has 0 aliphatic heterocycles. The van der Waals surface area contributed by atoms with Crippen molar-refractivity contribution in [3.05, 3.63) is 42.0 Å². The second kappa shape index (κ2) is 7.14. The summed E-state index contributed by atoms with van der Waals surface area (Å²) in [6, 6.07) is 8.49. The monoisotopic (exact) mass is 298 g/mol. The highest BCUT2D eigenvalue weighted by atomic mass is 28.3. The molecule has 0 unspecified atom stereocenters. The minimum absolute atomic E-state index is 0.680. The maximum atomic E-state index is 3.98. The minimum Gasteiger partial charge on any atom is -0.125 e. The number of hydrogen-bond acceptors (Lipinski definition) is 0. The Bertz CT molecular complexity index is 514. The van der Waals surface area contributed by atoms with Gasteiger partial charge in [-0.25, -0.2) is 0 Å². The van der Waals surface area contributed by atoms with Crippen molar-refractivity contribution in [2.75, 3.05) is 0 Å². The normalized spacial score (nSPS) is 11.7. The van der Waals surface area contributed by atoms with Crippen LogP contribution in [-0.4, -0.2) is 8.07 Å². The fourth-order valence-electron chi connectivity index (χ4n) is 3.45. The Hall–Kier alpha value is -1.26. The molecule has 0 nitrogen and oxygen atoms in total. The van der Waals surface area contributed by atoms with Crippen LogP contribution in [0.15, 0.2) is 30.8 Å². The topological polar surface area (TPSA) is 0 Å². The van der Waals surface area contributed by atoms with Crippen LogP contribution >= 0.6 is 0 Å². The maximum absolute atomic E-state index is 3.98. The Kier molecular flexibility index (Phi) is 6.05. The molecule has 0 saturated heterocycles. The Balaban J connectivity index is 3.19. The molecule has 1 aromatic rings.